The van der Waals surface area contributed by atoms with Crippen LogP contribution in [-0.2, 0) is 4.74 Å². The average Bonchev–Trinajstić information content (AvgIpc) is 3.10. The quantitative estimate of drug-likeness (QED) is 0.494. The summed E-state index contributed by atoms with van der Waals surface area (Å²) in [7, 11) is 1.49. The van der Waals surface area contributed by atoms with Crippen molar-refractivity contribution in [1.29, 1.82) is 0 Å². The van der Waals surface area contributed by atoms with E-state index in [1.807, 2.05) is 0 Å². The van der Waals surface area contributed by atoms with E-state index in [9.17, 15) is 18.8 Å². The summed E-state index contributed by atoms with van der Waals surface area (Å²) in [5, 5.41) is 5.50. The molecule has 0 radical (unpaired) electrons. The van der Waals surface area contributed by atoms with Gasteiger partial charge in [-0.25, -0.2) is 9.18 Å². The summed E-state index contributed by atoms with van der Waals surface area (Å²) in [4.78, 5) is 38.4. The Hall–Kier alpha value is -3.72. The minimum absolute atomic E-state index is 0.0749. The molecule has 0 atom stereocenters. The molecule has 0 aliphatic heterocycles. The number of hydrogen-bond donors (Lipinski definition) is 2. The van der Waals surface area contributed by atoms with Crippen LogP contribution < -0.4 is 15.4 Å². The second kappa shape index (κ2) is 10.1. The standard InChI is InChI=1S/C23H21FN2O5S/c1-4-31-23(29)18-13(2)19(21(28)25-16-10-5-6-11-17(16)30-3)32-22(18)26-20(27)14-8-7-9-15(24)12-14/h5-12H,4H2,1-3H3,(H,25,28)(H,26,27). The number of para-hydroxylation sites is 2. The SMILES string of the molecule is CCOC(=O)c1c(NC(=O)c2cccc(F)c2)sc(C(=O)Nc2ccccc2OC)c1C. The molecule has 3 aromatic rings. The predicted molar refractivity (Wildman–Crippen MR) is 120 cm³/mol. The van der Waals surface area contributed by atoms with Crippen LogP contribution >= 0.6 is 11.3 Å². The zero-order chi connectivity index (χ0) is 23.3. The van der Waals surface area contributed by atoms with Gasteiger partial charge in [-0.1, -0.05) is 18.2 Å². The molecule has 1 aromatic heterocycles. The third kappa shape index (κ3) is 4.94. The number of hydrogen-bond acceptors (Lipinski definition) is 6. The summed E-state index contributed by atoms with van der Waals surface area (Å²) < 4.78 is 23.9. The lowest BCUT2D eigenvalue weighted by Crippen LogP contribution is -2.15. The molecular weight excluding hydrogens is 435 g/mol. The lowest BCUT2D eigenvalue weighted by atomic mass is 10.1. The first kappa shape index (κ1) is 23.0. The van der Waals surface area contributed by atoms with Crippen LogP contribution in [0, 0.1) is 12.7 Å². The lowest BCUT2D eigenvalue weighted by Gasteiger charge is -2.09. The first-order valence-electron chi connectivity index (χ1n) is 9.67. The highest BCUT2D eigenvalue weighted by atomic mass is 32.1. The zero-order valence-corrected chi connectivity index (χ0v) is 18.5. The molecule has 0 unspecified atom stereocenters. The van der Waals surface area contributed by atoms with Gasteiger partial charge in [0.1, 0.15) is 16.6 Å². The van der Waals surface area contributed by atoms with E-state index in [2.05, 4.69) is 10.6 Å². The number of amides is 2. The summed E-state index contributed by atoms with van der Waals surface area (Å²) >= 11 is 0.929. The van der Waals surface area contributed by atoms with E-state index in [1.54, 1.807) is 38.1 Å². The van der Waals surface area contributed by atoms with Crippen molar-refractivity contribution in [2.75, 3.05) is 24.4 Å². The van der Waals surface area contributed by atoms with Crippen molar-refractivity contribution >= 4 is 39.8 Å². The molecule has 0 saturated carbocycles. The number of esters is 1. The van der Waals surface area contributed by atoms with Crippen LogP contribution in [0.3, 0.4) is 0 Å². The fourth-order valence-corrected chi connectivity index (χ4v) is 4.08. The summed E-state index contributed by atoms with van der Waals surface area (Å²) in [5.41, 5.74) is 0.962. The number of methoxy groups -OCH3 is 1. The monoisotopic (exact) mass is 456 g/mol. The van der Waals surface area contributed by atoms with Gasteiger partial charge in [0.2, 0.25) is 0 Å². The maximum atomic E-state index is 13.5. The van der Waals surface area contributed by atoms with E-state index >= 15 is 0 Å². The first-order chi connectivity index (χ1) is 15.3. The van der Waals surface area contributed by atoms with Gasteiger partial charge in [-0.05, 0) is 49.7 Å². The Morgan fingerprint density at radius 1 is 1.03 bits per heavy atom. The Morgan fingerprint density at radius 2 is 1.78 bits per heavy atom. The van der Waals surface area contributed by atoms with Crippen molar-refractivity contribution in [2.45, 2.75) is 13.8 Å². The molecule has 1 heterocycles. The number of halogens is 1. The second-order valence-corrected chi connectivity index (χ2v) is 7.62. The number of nitrogens with one attached hydrogen (secondary N) is 2. The van der Waals surface area contributed by atoms with Crippen molar-refractivity contribution in [3.63, 3.8) is 0 Å². The maximum Gasteiger partial charge on any atom is 0.341 e. The smallest absolute Gasteiger partial charge is 0.341 e. The predicted octanol–water partition coefficient (Wildman–Crippen LogP) is 4.89. The van der Waals surface area contributed by atoms with Crippen molar-refractivity contribution in [3.05, 3.63) is 75.9 Å². The number of thiophene rings is 1. The van der Waals surface area contributed by atoms with Crippen LogP contribution in [0.15, 0.2) is 48.5 Å². The van der Waals surface area contributed by atoms with Gasteiger partial charge < -0.3 is 20.1 Å². The van der Waals surface area contributed by atoms with E-state index in [0.29, 0.717) is 17.0 Å². The average molecular weight is 456 g/mol. The summed E-state index contributed by atoms with van der Waals surface area (Å²) in [6.07, 6.45) is 0. The number of benzene rings is 2. The highest BCUT2D eigenvalue weighted by Crippen LogP contribution is 2.35. The highest BCUT2D eigenvalue weighted by molar-refractivity contribution is 7.19. The zero-order valence-electron chi connectivity index (χ0n) is 17.7. The fraction of sp³-hybridized carbons (Fsp3) is 0.174. The van der Waals surface area contributed by atoms with Gasteiger partial charge in [-0.2, -0.15) is 0 Å². The van der Waals surface area contributed by atoms with Crippen molar-refractivity contribution in [1.82, 2.24) is 0 Å². The van der Waals surface area contributed by atoms with Crippen LogP contribution in [0.25, 0.3) is 0 Å². The summed E-state index contributed by atoms with van der Waals surface area (Å²) in [5.74, 6) is -1.86. The van der Waals surface area contributed by atoms with Crippen LogP contribution in [0.4, 0.5) is 15.1 Å². The van der Waals surface area contributed by atoms with Crippen LogP contribution in [0.5, 0.6) is 5.75 Å². The molecule has 0 aliphatic rings. The minimum atomic E-state index is -0.674. The first-order valence-corrected chi connectivity index (χ1v) is 10.5. The van der Waals surface area contributed by atoms with Gasteiger partial charge in [-0.3, -0.25) is 9.59 Å². The molecule has 166 valence electrons. The molecule has 0 aliphatic carbocycles. The largest absolute Gasteiger partial charge is 0.495 e. The second-order valence-electron chi connectivity index (χ2n) is 6.60. The molecule has 3 rings (SSSR count). The lowest BCUT2D eigenvalue weighted by molar-refractivity contribution is 0.0527. The maximum absolute atomic E-state index is 13.5. The Labute approximate surface area is 188 Å². The number of carbonyl (C=O) groups excluding carboxylic acids is 3. The third-order valence-electron chi connectivity index (χ3n) is 4.50. The van der Waals surface area contributed by atoms with E-state index in [0.717, 1.165) is 17.4 Å². The van der Waals surface area contributed by atoms with Crippen molar-refractivity contribution < 1.29 is 28.2 Å². The van der Waals surface area contributed by atoms with Crippen LogP contribution in [0.2, 0.25) is 0 Å². The fourth-order valence-electron chi connectivity index (χ4n) is 3.00. The Bertz CT molecular complexity index is 1170. The molecule has 0 fully saturated rings. The van der Waals surface area contributed by atoms with E-state index in [4.69, 9.17) is 9.47 Å². The number of carbonyl (C=O) groups is 3. The molecule has 2 aromatic carbocycles. The number of rotatable bonds is 7. The number of anilines is 2. The number of ether oxygens (including phenoxy) is 2. The van der Waals surface area contributed by atoms with Gasteiger partial charge >= 0.3 is 5.97 Å². The molecule has 0 spiro atoms. The molecule has 2 N–H and O–H groups in total. The Morgan fingerprint density at radius 3 is 2.47 bits per heavy atom. The third-order valence-corrected chi connectivity index (χ3v) is 5.71. The topological polar surface area (TPSA) is 93.7 Å². The molecule has 32 heavy (non-hydrogen) atoms. The summed E-state index contributed by atoms with van der Waals surface area (Å²) in [6.45, 7) is 3.37. The van der Waals surface area contributed by atoms with Crippen molar-refractivity contribution in [2.24, 2.45) is 0 Å². The Balaban J connectivity index is 1.96. The Kier molecular flexibility index (Phi) is 7.21. The molecule has 0 bridgehead atoms. The minimum Gasteiger partial charge on any atom is -0.495 e. The molecule has 0 saturated heterocycles. The molecular formula is C23H21FN2O5S. The van der Waals surface area contributed by atoms with Gasteiger partial charge in [-0.15, -0.1) is 11.3 Å². The van der Waals surface area contributed by atoms with E-state index in [1.165, 1.54) is 25.3 Å². The molecule has 9 heteroatoms. The highest BCUT2D eigenvalue weighted by Gasteiger charge is 2.27. The summed E-state index contributed by atoms with van der Waals surface area (Å²) in [6, 6.07) is 12.0. The van der Waals surface area contributed by atoms with Gasteiger partial charge in [0, 0.05) is 5.56 Å². The normalized spacial score (nSPS) is 10.4. The van der Waals surface area contributed by atoms with E-state index in [-0.39, 0.29) is 27.6 Å². The van der Waals surface area contributed by atoms with Crippen LogP contribution in [0.1, 0.15) is 42.9 Å². The van der Waals surface area contributed by atoms with Crippen molar-refractivity contribution in [3.8, 4) is 5.75 Å². The van der Waals surface area contributed by atoms with Gasteiger partial charge in [0.25, 0.3) is 11.8 Å². The molecule has 7 nitrogen and oxygen atoms in total. The van der Waals surface area contributed by atoms with Gasteiger partial charge in [0.05, 0.1) is 29.8 Å². The molecule has 2 amide bonds. The van der Waals surface area contributed by atoms with Crippen LogP contribution in [-0.4, -0.2) is 31.5 Å². The van der Waals surface area contributed by atoms with Gasteiger partial charge in [0.15, 0.2) is 0 Å². The van der Waals surface area contributed by atoms with E-state index < -0.39 is 23.6 Å².